The standard InChI is InChI=1S/C15H22N2O.2ClH/c1-15(2)11-13(17-9-7-16-8-10-17)12-5-3-4-6-14(12)18-15;;/h3-6,13,16H,7-11H2,1-2H3;2*1H. The number of rotatable bonds is 1. The van der Waals surface area contributed by atoms with Gasteiger partial charge in [0.1, 0.15) is 11.4 Å². The molecule has 2 aliphatic rings. The van der Waals surface area contributed by atoms with Gasteiger partial charge in [0.2, 0.25) is 0 Å². The lowest BCUT2D eigenvalue weighted by Crippen LogP contribution is -2.48. The van der Waals surface area contributed by atoms with E-state index in [1.54, 1.807) is 0 Å². The number of nitrogens with one attached hydrogen (secondary N) is 1. The minimum absolute atomic E-state index is 0. The van der Waals surface area contributed by atoms with Crippen molar-refractivity contribution in [3.8, 4) is 5.75 Å². The van der Waals surface area contributed by atoms with Gasteiger partial charge >= 0.3 is 0 Å². The first-order valence-electron chi connectivity index (χ1n) is 6.88. The molecule has 1 saturated heterocycles. The van der Waals surface area contributed by atoms with Gasteiger partial charge in [-0.1, -0.05) is 18.2 Å². The van der Waals surface area contributed by atoms with Gasteiger partial charge in [-0.15, -0.1) is 24.8 Å². The number of piperazine rings is 1. The first kappa shape index (κ1) is 17.6. The van der Waals surface area contributed by atoms with Gasteiger partial charge in [-0.25, -0.2) is 0 Å². The van der Waals surface area contributed by atoms with Crippen molar-refractivity contribution < 1.29 is 4.74 Å². The Hall–Kier alpha value is -0.480. The molecule has 1 aromatic carbocycles. The maximum atomic E-state index is 6.10. The van der Waals surface area contributed by atoms with E-state index in [-0.39, 0.29) is 30.4 Å². The summed E-state index contributed by atoms with van der Waals surface area (Å²) in [6.07, 6.45) is 1.07. The normalized spacial score (nSPS) is 24.6. The van der Waals surface area contributed by atoms with Gasteiger partial charge in [-0.3, -0.25) is 4.90 Å². The Morgan fingerprint density at radius 3 is 2.50 bits per heavy atom. The van der Waals surface area contributed by atoms with Gasteiger partial charge in [0.25, 0.3) is 0 Å². The number of hydrogen-bond acceptors (Lipinski definition) is 3. The van der Waals surface area contributed by atoms with Crippen LogP contribution in [0.2, 0.25) is 0 Å². The summed E-state index contributed by atoms with van der Waals surface area (Å²) in [7, 11) is 0. The Balaban J connectivity index is 0.000001000. The zero-order valence-corrected chi connectivity index (χ0v) is 13.7. The average Bonchev–Trinajstić information content (AvgIpc) is 2.38. The smallest absolute Gasteiger partial charge is 0.124 e. The van der Waals surface area contributed by atoms with E-state index in [0.29, 0.717) is 6.04 Å². The van der Waals surface area contributed by atoms with E-state index in [4.69, 9.17) is 4.74 Å². The number of para-hydroxylation sites is 1. The molecule has 3 rings (SSSR count). The second-order valence-corrected chi connectivity index (χ2v) is 5.91. The third-order valence-electron chi connectivity index (χ3n) is 3.94. The first-order chi connectivity index (χ1) is 8.66. The Morgan fingerprint density at radius 1 is 1.15 bits per heavy atom. The molecule has 1 unspecified atom stereocenters. The largest absolute Gasteiger partial charge is 0.487 e. The molecule has 1 atom stereocenters. The molecule has 2 heterocycles. The summed E-state index contributed by atoms with van der Waals surface area (Å²) in [6, 6.07) is 9.01. The summed E-state index contributed by atoms with van der Waals surface area (Å²) in [5, 5.41) is 3.43. The van der Waals surface area contributed by atoms with Crippen LogP contribution in [0.25, 0.3) is 0 Å². The van der Waals surface area contributed by atoms with Crippen LogP contribution < -0.4 is 10.1 Å². The van der Waals surface area contributed by atoms with E-state index in [9.17, 15) is 0 Å². The number of nitrogens with zero attached hydrogens (tertiary/aromatic N) is 1. The van der Waals surface area contributed by atoms with Crippen LogP contribution in [0.1, 0.15) is 31.9 Å². The predicted octanol–water partition coefficient (Wildman–Crippen LogP) is 3.04. The fourth-order valence-corrected chi connectivity index (χ4v) is 3.08. The van der Waals surface area contributed by atoms with Crippen LogP contribution in [0.15, 0.2) is 24.3 Å². The molecular formula is C15H24Cl2N2O. The Bertz CT molecular complexity index is 434. The molecule has 0 radical (unpaired) electrons. The van der Waals surface area contributed by atoms with Gasteiger partial charge in [0.15, 0.2) is 0 Å². The van der Waals surface area contributed by atoms with Gasteiger partial charge in [-0.05, 0) is 19.9 Å². The maximum Gasteiger partial charge on any atom is 0.124 e. The van der Waals surface area contributed by atoms with E-state index >= 15 is 0 Å². The molecule has 114 valence electrons. The Labute approximate surface area is 133 Å². The molecule has 1 aromatic rings. The lowest BCUT2D eigenvalue weighted by atomic mass is 9.88. The van der Waals surface area contributed by atoms with Gasteiger partial charge in [0.05, 0.1) is 0 Å². The molecule has 2 aliphatic heterocycles. The minimum Gasteiger partial charge on any atom is -0.487 e. The Morgan fingerprint density at radius 2 is 1.80 bits per heavy atom. The van der Waals surface area contributed by atoms with Crippen LogP contribution >= 0.6 is 24.8 Å². The summed E-state index contributed by atoms with van der Waals surface area (Å²) in [5.41, 5.74) is 1.29. The monoisotopic (exact) mass is 318 g/mol. The molecular weight excluding hydrogens is 295 g/mol. The molecule has 0 aromatic heterocycles. The summed E-state index contributed by atoms with van der Waals surface area (Å²) in [6.45, 7) is 8.85. The minimum atomic E-state index is -0.0656. The fourth-order valence-electron chi connectivity index (χ4n) is 3.08. The van der Waals surface area contributed by atoms with Crippen LogP contribution in [0.3, 0.4) is 0 Å². The van der Waals surface area contributed by atoms with Gasteiger partial charge < -0.3 is 10.1 Å². The van der Waals surface area contributed by atoms with Crippen LogP contribution in [-0.2, 0) is 0 Å². The van der Waals surface area contributed by atoms with Crippen molar-refractivity contribution in [2.45, 2.75) is 31.9 Å². The van der Waals surface area contributed by atoms with Crippen LogP contribution in [0, 0.1) is 0 Å². The predicted molar refractivity (Wildman–Crippen MR) is 87.4 cm³/mol. The van der Waals surface area contributed by atoms with Crippen LogP contribution in [0.5, 0.6) is 5.75 Å². The average molecular weight is 319 g/mol. The van der Waals surface area contributed by atoms with Gasteiger partial charge in [0, 0.05) is 44.2 Å². The van der Waals surface area contributed by atoms with E-state index in [1.807, 2.05) is 0 Å². The van der Waals surface area contributed by atoms with Crippen molar-refractivity contribution >= 4 is 24.8 Å². The quantitative estimate of drug-likeness (QED) is 0.861. The highest BCUT2D eigenvalue weighted by molar-refractivity contribution is 5.85. The zero-order valence-electron chi connectivity index (χ0n) is 12.1. The number of benzene rings is 1. The van der Waals surface area contributed by atoms with Crippen LogP contribution in [0.4, 0.5) is 0 Å². The highest BCUT2D eigenvalue weighted by Crippen LogP contribution is 2.42. The van der Waals surface area contributed by atoms with Crippen molar-refractivity contribution in [2.75, 3.05) is 26.2 Å². The van der Waals surface area contributed by atoms with Crippen LogP contribution in [-0.4, -0.2) is 36.7 Å². The van der Waals surface area contributed by atoms with Crippen molar-refractivity contribution in [1.82, 2.24) is 10.2 Å². The Kier molecular flexibility index (Phi) is 6.14. The first-order valence-corrected chi connectivity index (χ1v) is 6.88. The summed E-state index contributed by atoms with van der Waals surface area (Å²) < 4.78 is 6.10. The summed E-state index contributed by atoms with van der Waals surface area (Å²) in [4.78, 5) is 2.60. The number of halogens is 2. The topological polar surface area (TPSA) is 24.5 Å². The number of fused-ring (bicyclic) bond motifs is 1. The van der Waals surface area contributed by atoms with Gasteiger partial charge in [-0.2, -0.15) is 0 Å². The SMILES string of the molecule is CC1(C)CC(N2CCNCC2)c2ccccc2O1.Cl.Cl. The van der Waals surface area contributed by atoms with Crippen molar-refractivity contribution in [1.29, 1.82) is 0 Å². The third-order valence-corrected chi connectivity index (χ3v) is 3.94. The lowest BCUT2D eigenvalue weighted by molar-refractivity contribution is 0.0260. The second kappa shape index (κ2) is 6.99. The molecule has 0 spiro atoms. The molecule has 0 amide bonds. The molecule has 0 saturated carbocycles. The highest BCUT2D eigenvalue weighted by Gasteiger charge is 2.36. The van der Waals surface area contributed by atoms with Crippen molar-refractivity contribution in [3.63, 3.8) is 0 Å². The fraction of sp³-hybridized carbons (Fsp3) is 0.600. The lowest BCUT2D eigenvalue weighted by Gasteiger charge is -2.43. The summed E-state index contributed by atoms with van der Waals surface area (Å²) in [5.74, 6) is 1.07. The molecule has 0 bridgehead atoms. The third kappa shape index (κ3) is 3.59. The van der Waals surface area contributed by atoms with Crippen molar-refractivity contribution in [3.05, 3.63) is 29.8 Å². The van der Waals surface area contributed by atoms with E-state index < -0.39 is 0 Å². The number of ether oxygens (including phenoxy) is 1. The molecule has 1 N–H and O–H groups in total. The molecule has 3 nitrogen and oxygen atoms in total. The molecule has 20 heavy (non-hydrogen) atoms. The van der Waals surface area contributed by atoms with E-state index in [1.165, 1.54) is 5.56 Å². The zero-order chi connectivity index (χ0) is 12.6. The maximum absolute atomic E-state index is 6.10. The van der Waals surface area contributed by atoms with Crippen molar-refractivity contribution in [2.24, 2.45) is 0 Å². The highest BCUT2D eigenvalue weighted by atomic mass is 35.5. The second-order valence-electron chi connectivity index (χ2n) is 5.91. The molecule has 0 aliphatic carbocycles. The molecule has 5 heteroatoms. The van der Waals surface area contributed by atoms with E-state index in [2.05, 4.69) is 48.3 Å². The van der Waals surface area contributed by atoms with E-state index in [0.717, 1.165) is 38.3 Å². The number of hydrogen-bond donors (Lipinski definition) is 1. The molecule has 1 fully saturated rings. The summed E-state index contributed by atoms with van der Waals surface area (Å²) >= 11 is 0.